The van der Waals surface area contributed by atoms with E-state index in [-0.39, 0.29) is 6.04 Å². The normalized spacial score (nSPS) is 17.1. The van der Waals surface area contributed by atoms with Crippen molar-refractivity contribution in [3.63, 3.8) is 0 Å². The van der Waals surface area contributed by atoms with Crippen molar-refractivity contribution in [1.82, 2.24) is 14.3 Å². The van der Waals surface area contributed by atoms with Crippen molar-refractivity contribution >= 4 is 27.0 Å². The van der Waals surface area contributed by atoms with E-state index in [4.69, 9.17) is 0 Å². The summed E-state index contributed by atoms with van der Waals surface area (Å²) in [5.41, 5.74) is 4.18. The summed E-state index contributed by atoms with van der Waals surface area (Å²) in [6.45, 7) is 1.55. The quantitative estimate of drug-likeness (QED) is 0.462. The summed E-state index contributed by atoms with van der Waals surface area (Å²) in [5.74, 6) is 0. The van der Waals surface area contributed by atoms with E-state index in [9.17, 15) is 8.42 Å². The number of imidazole rings is 1. The van der Waals surface area contributed by atoms with E-state index >= 15 is 0 Å². The zero-order valence-corrected chi connectivity index (χ0v) is 19.1. The lowest BCUT2D eigenvalue weighted by atomic mass is 10.1. The number of nitrogens with zero attached hydrogens (tertiary/aromatic N) is 3. The number of benzene rings is 2. The Kier molecular flexibility index (Phi) is 5.82. The fourth-order valence-corrected chi connectivity index (χ4v) is 6.99. The van der Waals surface area contributed by atoms with Crippen molar-refractivity contribution in [2.75, 3.05) is 11.4 Å². The van der Waals surface area contributed by atoms with Gasteiger partial charge in [-0.1, -0.05) is 54.6 Å². The molecule has 2 aromatic heterocycles. The number of thiophene rings is 1. The van der Waals surface area contributed by atoms with Gasteiger partial charge in [0.1, 0.15) is 4.21 Å². The Bertz CT molecular complexity index is 1260. The zero-order chi connectivity index (χ0) is 22.0. The summed E-state index contributed by atoms with van der Waals surface area (Å²) in [6.07, 6.45) is 4.13. The molecule has 1 aliphatic rings. The van der Waals surface area contributed by atoms with Crippen LogP contribution >= 0.6 is 11.3 Å². The van der Waals surface area contributed by atoms with Crippen LogP contribution in [0.2, 0.25) is 0 Å². The Balaban J connectivity index is 1.58. The van der Waals surface area contributed by atoms with Gasteiger partial charge in [-0.25, -0.2) is 13.4 Å². The molecule has 0 bridgehead atoms. The van der Waals surface area contributed by atoms with Crippen molar-refractivity contribution in [3.05, 3.63) is 101 Å². The SMILES string of the molecule is O=S(=O)(c1cccs1)N1Cc2ccccc2N(Cc2cnc[nH]2)C[C@H]1Cc1ccccc1. The summed E-state index contributed by atoms with van der Waals surface area (Å²) >= 11 is 1.27. The monoisotopic (exact) mass is 464 g/mol. The largest absolute Gasteiger partial charge is 0.364 e. The van der Waals surface area contributed by atoms with E-state index in [1.807, 2.05) is 48.0 Å². The number of fused-ring (bicyclic) bond motifs is 1. The van der Waals surface area contributed by atoms with Crippen molar-refractivity contribution in [2.24, 2.45) is 0 Å². The third kappa shape index (κ3) is 4.21. The molecule has 0 amide bonds. The molecule has 1 aliphatic heterocycles. The number of para-hydroxylation sites is 1. The van der Waals surface area contributed by atoms with Gasteiger partial charge in [0.15, 0.2) is 0 Å². The molecule has 0 fully saturated rings. The van der Waals surface area contributed by atoms with Crippen LogP contribution in [-0.2, 0) is 29.5 Å². The van der Waals surface area contributed by atoms with E-state index in [1.165, 1.54) is 11.3 Å². The highest BCUT2D eigenvalue weighted by Crippen LogP contribution is 2.33. The zero-order valence-electron chi connectivity index (χ0n) is 17.5. The summed E-state index contributed by atoms with van der Waals surface area (Å²) < 4.78 is 29.6. The number of nitrogens with one attached hydrogen (secondary N) is 1. The van der Waals surface area contributed by atoms with Crippen molar-refractivity contribution in [1.29, 1.82) is 0 Å². The maximum atomic E-state index is 13.7. The topological polar surface area (TPSA) is 69.3 Å². The second-order valence-electron chi connectivity index (χ2n) is 7.91. The highest BCUT2D eigenvalue weighted by Gasteiger charge is 2.36. The maximum Gasteiger partial charge on any atom is 0.253 e. The molecule has 3 heterocycles. The van der Waals surface area contributed by atoms with Crippen LogP contribution in [0.5, 0.6) is 0 Å². The van der Waals surface area contributed by atoms with E-state index in [0.717, 1.165) is 22.5 Å². The molecule has 0 radical (unpaired) electrons. The minimum atomic E-state index is -3.63. The highest BCUT2D eigenvalue weighted by molar-refractivity contribution is 7.91. The van der Waals surface area contributed by atoms with Crippen molar-refractivity contribution in [2.45, 2.75) is 29.8 Å². The van der Waals surface area contributed by atoms with Gasteiger partial charge >= 0.3 is 0 Å². The Morgan fingerprint density at radius 2 is 1.84 bits per heavy atom. The van der Waals surface area contributed by atoms with Crippen LogP contribution < -0.4 is 4.90 Å². The molecule has 0 spiro atoms. The maximum absolute atomic E-state index is 13.7. The van der Waals surface area contributed by atoms with Gasteiger partial charge < -0.3 is 9.88 Å². The second-order valence-corrected chi connectivity index (χ2v) is 11.0. The molecule has 32 heavy (non-hydrogen) atoms. The summed E-state index contributed by atoms with van der Waals surface area (Å²) in [5, 5.41) is 1.81. The molecule has 0 saturated heterocycles. The minimum absolute atomic E-state index is 0.222. The Morgan fingerprint density at radius 3 is 2.59 bits per heavy atom. The molecular formula is C24H24N4O2S2. The van der Waals surface area contributed by atoms with E-state index < -0.39 is 10.0 Å². The average molecular weight is 465 g/mol. The Morgan fingerprint density at radius 1 is 1.03 bits per heavy atom. The number of rotatable bonds is 6. The molecule has 164 valence electrons. The highest BCUT2D eigenvalue weighted by atomic mass is 32.2. The summed E-state index contributed by atoms with van der Waals surface area (Å²) in [6, 6.07) is 21.5. The number of H-pyrrole nitrogens is 1. The fourth-order valence-electron chi connectivity index (χ4n) is 4.28. The van der Waals surface area contributed by atoms with Crippen LogP contribution in [0, 0.1) is 0 Å². The van der Waals surface area contributed by atoms with Crippen LogP contribution in [0.3, 0.4) is 0 Å². The first-order chi connectivity index (χ1) is 15.6. The Hall–Kier alpha value is -2.94. The first kappa shape index (κ1) is 20.9. The standard InChI is InChI=1S/C24H24N4O2S2/c29-32(30,24-11-6-12-31-24)28-15-20-9-4-5-10-23(20)27(16-21-14-25-18-26-21)17-22(28)13-19-7-2-1-3-8-19/h1-12,14,18,22H,13,15-17H2,(H,25,26)/t22-/m1/s1. The lowest BCUT2D eigenvalue weighted by Gasteiger charge is -2.31. The van der Waals surface area contributed by atoms with Crippen LogP contribution in [-0.4, -0.2) is 35.3 Å². The van der Waals surface area contributed by atoms with Gasteiger partial charge in [-0.05, 0) is 35.1 Å². The number of sulfonamides is 1. The molecule has 4 aromatic rings. The van der Waals surface area contributed by atoms with E-state index in [0.29, 0.717) is 30.3 Å². The third-order valence-electron chi connectivity index (χ3n) is 5.79. The van der Waals surface area contributed by atoms with Gasteiger partial charge in [0.2, 0.25) is 0 Å². The molecule has 6 nitrogen and oxygen atoms in total. The third-order valence-corrected chi connectivity index (χ3v) is 9.06. The van der Waals surface area contributed by atoms with Gasteiger partial charge in [0, 0.05) is 31.0 Å². The predicted molar refractivity (Wildman–Crippen MR) is 127 cm³/mol. The predicted octanol–water partition coefficient (Wildman–Crippen LogP) is 4.29. The molecule has 8 heteroatoms. The second kappa shape index (κ2) is 8.90. The Labute approximate surface area is 192 Å². The van der Waals surface area contributed by atoms with E-state index in [2.05, 4.69) is 33.1 Å². The molecular weight excluding hydrogens is 440 g/mol. The van der Waals surface area contributed by atoms with Gasteiger partial charge in [0.25, 0.3) is 10.0 Å². The number of anilines is 1. The molecule has 0 saturated carbocycles. The smallest absolute Gasteiger partial charge is 0.253 e. The first-order valence-electron chi connectivity index (χ1n) is 10.5. The van der Waals surface area contributed by atoms with Crippen LogP contribution in [0.4, 0.5) is 5.69 Å². The number of aromatic amines is 1. The minimum Gasteiger partial charge on any atom is -0.364 e. The molecule has 5 rings (SSSR count). The molecule has 1 N–H and O–H groups in total. The summed E-state index contributed by atoms with van der Waals surface area (Å²) in [7, 11) is -3.63. The number of hydrogen-bond acceptors (Lipinski definition) is 5. The summed E-state index contributed by atoms with van der Waals surface area (Å²) in [4.78, 5) is 9.60. The van der Waals surface area contributed by atoms with Gasteiger partial charge in [-0.15, -0.1) is 11.3 Å². The van der Waals surface area contributed by atoms with Crippen LogP contribution in [0.1, 0.15) is 16.8 Å². The van der Waals surface area contributed by atoms with Crippen molar-refractivity contribution in [3.8, 4) is 0 Å². The van der Waals surface area contributed by atoms with E-state index in [1.54, 1.807) is 22.8 Å². The fraction of sp³-hybridized carbons (Fsp3) is 0.208. The van der Waals surface area contributed by atoms with Gasteiger partial charge in [-0.2, -0.15) is 4.31 Å². The lowest BCUT2D eigenvalue weighted by Crippen LogP contribution is -2.45. The van der Waals surface area contributed by atoms with Gasteiger partial charge in [-0.3, -0.25) is 0 Å². The first-order valence-corrected chi connectivity index (χ1v) is 12.8. The van der Waals surface area contributed by atoms with Crippen LogP contribution in [0.25, 0.3) is 0 Å². The number of aromatic nitrogens is 2. The number of hydrogen-bond donors (Lipinski definition) is 1. The molecule has 2 aromatic carbocycles. The van der Waals surface area contributed by atoms with Crippen molar-refractivity contribution < 1.29 is 8.42 Å². The van der Waals surface area contributed by atoms with Gasteiger partial charge in [0.05, 0.1) is 18.6 Å². The average Bonchev–Trinajstić information content (AvgIpc) is 3.50. The lowest BCUT2D eigenvalue weighted by molar-refractivity contribution is 0.318. The molecule has 1 atom stereocenters. The van der Waals surface area contributed by atoms with Crippen LogP contribution in [0.15, 0.2) is 88.8 Å². The molecule has 0 aliphatic carbocycles. The molecule has 0 unspecified atom stereocenters.